The van der Waals surface area contributed by atoms with Crippen molar-refractivity contribution in [2.24, 2.45) is 11.8 Å². The lowest BCUT2D eigenvalue weighted by Crippen LogP contribution is -2.26. The van der Waals surface area contributed by atoms with Crippen LogP contribution >= 0.6 is 0 Å². The normalized spacial score (nSPS) is 22.2. The van der Waals surface area contributed by atoms with Crippen molar-refractivity contribution in [3.05, 3.63) is 29.8 Å². The van der Waals surface area contributed by atoms with Crippen LogP contribution in [-0.2, 0) is 9.53 Å². The van der Waals surface area contributed by atoms with E-state index in [1.807, 2.05) is 18.2 Å². The molecule has 1 aromatic rings. The first kappa shape index (κ1) is 15.8. The highest BCUT2D eigenvalue weighted by atomic mass is 16.5. The van der Waals surface area contributed by atoms with Crippen LogP contribution in [0.2, 0.25) is 0 Å². The Labute approximate surface area is 127 Å². The second kappa shape index (κ2) is 7.46. The zero-order chi connectivity index (χ0) is 15.2. The Morgan fingerprint density at radius 2 is 2.19 bits per heavy atom. The van der Waals surface area contributed by atoms with Gasteiger partial charge in [0, 0.05) is 19.6 Å². The molecule has 21 heavy (non-hydrogen) atoms. The van der Waals surface area contributed by atoms with Gasteiger partial charge in [0.05, 0.1) is 19.6 Å². The number of hydrogen-bond acceptors (Lipinski definition) is 4. The van der Waals surface area contributed by atoms with Crippen LogP contribution < -0.4 is 4.74 Å². The lowest BCUT2D eigenvalue weighted by molar-refractivity contribution is -0.146. The molecule has 0 radical (unpaired) electrons. The number of benzene rings is 1. The van der Waals surface area contributed by atoms with Crippen LogP contribution in [0.25, 0.3) is 0 Å². The maximum atomic E-state index is 11.6. The molecule has 4 heteroatoms. The lowest BCUT2D eigenvalue weighted by atomic mass is 9.99. The van der Waals surface area contributed by atoms with E-state index < -0.39 is 0 Å². The van der Waals surface area contributed by atoms with Crippen LogP contribution in [0.5, 0.6) is 5.75 Å². The number of hydrogen-bond donors (Lipinski definition) is 0. The summed E-state index contributed by atoms with van der Waals surface area (Å²) >= 11 is 0. The average molecular weight is 291 g/mol. The number of aryl methyl sites for hydroxylation is 1. The molecule has 116 valence electrons. The van der Waals surface area contributed by atoms with Gasteiger partial charge in [-0.05, 0) is 37.0 Å². The summed E-state index contributed by atoms with van der Waals surface area (Å²) in [5.74, 6) is 1.24. The minimum Gasteiger partial charge on any atom is -0.494 e. The van der Waals surface area contributed by atoms with Crippen LogP contribution in [0.15, 0.2) is 24.3 Å². The van der Waals surface area contributed by atoms with Gasteiger partial charge in [0.25, 0.3) is 0 Å². The molecule has 0 saturated carbocycles. The predicted octanol–water partition coefficient (Wildman–Crippen LogP) is 2.50. The van der Waals surface area contributed by atoms with Crippen LogP contribution in [0.4, 0.5) is 0 Å². The van der Waals surface area contributed by atoms with E-state index in [2.05, 4.69) is 24.8 Å². The van der Waals surface area contributed by atoms with Crippen LogP contribution in [0.1, 0.15) is 18.9 Å². The molecule has 0 N–H and O–H groups in total. The van der Waals surface area contributed by atoms with E-state index in [-0.39, 0.29) is 11.9 Å². The van der Waals surface area contributed by atoms with Gasteiger partial charge in [-0.2, -0.15) is 0 Å². The quantitative estimate of drug-likeness (QED) is 0.596. The van der Waals surface area contributed by atoms with E-state index in [9.17, 15) is 4.79 Å². The van der Waals surface area contributed by atoms with Crippen molar-refractivity contribution in [1.82, 2.24) is 4.90 Å². The van der Waals surface area contributed by atoms with E-state index in [0.717, 1.165) is 31.8 Å². The number of rotatable bonds is 6. The molecule has 0 amide bonds. The third-order valence-electron chi connectivity index (χ3n) is 4.07. The third-order valence-corrected chi connectivity index (χ3v) is 4.07. The molecule has 2 rings (SSSR count). The fraction of sp³-hybridized carbons (Fsp3) is 0.588. The molecule has 1 aromatic carbocycles. The maximum absolute atomic E-state index is 11.6. The summed E-state index contributed by atoms with van der Waals surface area (Å²) in [4.78, 5) is 14.0. The van der Waals surface area contributed by atoms with Crippen LogP contribution in [0.3, 0.4) is 0 Å². The standard InChI is InChI=1S/C17H25NO3/c1-13-6-4-7-15(10-13)21-9-5-8-18-11-14(2)16(12-18)17(19)20-3/h4,6-7,10,14,16H,5,8-9,11-12H2,1-3H3. The molecule has 0 aromatic heterocycles. The summed E-state index contributed by atoms with van der Waals surface area (Å²) in [7, 11) is 1.47. The largest absolute Gasteiger partial charge is 0.494 e. The van der Waals surface area contributed by atoms with Gasteiger partial charge < -0.3 is 14.4 Å². The van der Waals surface area contributed by atoms with Gasteiger partial charge >= 0.3 is 5.97 Å². The second-order valence-electron chi connectivity index (χ2n) is 5.89. The van der Waals surface area contributed by atoms with E-state index in [1.165, 1.54) is 12.7 Å². The summed E-state index contributed by atoms with van der Waals surface area (Å²) in [6.07, 6.45) is 0.967. The SMILES string of the molecule is COC(=O)C1CN(CCCOc2cccc(C)c2)CC1C. The van der Waals surface area contributed by atoms with Gasteiger partial charge in [-0.1, -0.05) is 19.1 Å². The zero-order valence-corrected chi connectivity index (χ0v) is 13.2. The summed E-state index contributed by atoms with van der Waals surface area (Å²) in [5.41, 5.74) is 1.21. The molecule has 0 aliphatic carbocycles. The number of nitrogens with zero attached hydrogens (tertiary/aromatic N) is 1. The predicted molar refractivity (Wildman–Crippen MR) is 82.4 cm³/mol. The van der Waals surface area contributed by atoms with Crippen LogP contribution in [-0.4, -0.2) is 44.2 Å². The molecule has 0 bridgehead atoms. The Morgan fingerprint density at radius 3 is 2.90 bits per heavy atom. The topological polar surface area (TPSA) is 38.8 Å². The average Bonchev–Trinajstić information content (AvgIpc) is 2.84. The van der Waals surface area contributed by atoms with Crippen molar-refractivity contribution in [1.29, 1.82) is 0 Å². The number of esters is 1. The molecule has 2 atom stereocenters. The van der Waals surface area contributed by atoms with Gasteiger partial charge in [-0.3, -0.25) is 4.79 Å². The molecule has 1 aliphatic heterocycles. The van der Waals surface area contributed by atoms with E-state index >= 15 is 0 Å². The molecule has 4 nitrogen and oxygen atoms in total. The van der Waals surface area contributed by atoms with E-state index in [0.29, 0.717) is 12.5 Å². The molecule has 0 spiro atoms. The molecule has 1 fully saturated rings. The number of carbonyl (C=O) groups is 1. The minimum atomic E-state index is -0.0824. The molecule has 1 aliphatic rings. The summed E-state index contributed by atoms with van der Waals surface area (Å²) in [6, 6.07) is 8.10. The van der Waals surface area contributed by atoms with Gasteiger partial charge in [0.15, 0.2) is 0 Å². The second-order valence-corrected chi connectivity index (χ2v) is 5.89. The van der Waals surface area contributed by atoms with E-state index in [1.54, 1.807) is 0 Å². The highest BCUT2D eigenvalue weighted by Gasteiger charge is 2.34. The van der Waals surface area contributed by atoms with Crippen molar-refractivity contribution in [3.8, 4) is 5.75 Å². The monoisotopic (exact) mass is 291 g/mol. The van der Waals surface area contributed by atoms with Gasteiger partial charge in [-0.25, -0.2) is 0 Å². The lowest BCUT2D eigenvalue weighted by Gasteiger charge is -2.15. The smallest absolute Gasteiger partial charge is 0.310 e. The highest BCUT2D eigenvalue weighted by Crippen LogP contribution is 2.24. The first-order valence-electron chi connectivity index (χ1n) is 7.60. The Bertz CT molecular complexity index is 475. The molecular weight excluding hydrogens is 266 g/mol. The Balaban J connectivity index is 1.69. The number of methoxy groups -OCH3 is 1. The molecule has 2 unspecified atom stereocenters. The maximum Gasteiger partial charge on any atom is 0.310 e. The van der Waals surface area contributed by atoms with E-state index in [4.69, 9.17) is 9.47 Å². The van der Waals surface area contributed by atoms with Gasteiger partial charge in [-0.15, -0.1) is 0 Å². The van der Waals surface area contributed by atoms with Crippen molar-refractivity contribution in [2.75, 3.05) is 33.4 Å². The Hall–Kier alpha value is -1.55. The highest BCUT2D eigenvalue weighted by molar-refractivity contribution is 5.73. The van der Waals surface area contributed by atoms with Crippen LogP contribution in [0, 0.1) is 18.8 Å². The van der Waals surface area contributed by atoms with Gasteiger partial charge in [0.1, 0.15) is 5.75 Å². The Morgan fingerprint density at radius 1 is 1.38 bits per heavy atom. The summed E-state index contributed by atoms with van der Waals surface area (Å²) in [5, 5.41) is 0. The number of carbonyl (C=O) groups excluding carboxylic acids is 1. The van der Waals surface area contributed by atoms with Crippen molar-refractivity contribution < 1.29 is 14.3 Å². The first-order chi connectivity index (χ1) is 10.1. The number of ether oxygens (including phenoxy) is 2. The summed E-state index contributed by atoms with van der Waals surface area (Å²) < 4.78 is 10.6. The molecular formula is C17H25NO3. The zero-order valence-electron chi connectivity index (χ0n) is 13.2. The third kappa shape index (κ3) is 4.46. The fourth-order valence-electron chi connectivity index (χ4n) is 2.89. The van der Waals surface area contributed by atoms with Gasteiger partial charge in [0.2, 0.25) is 0 Å². The first-order valence-corrected chi connectivity index (χ1v) is 7.60. The minimum absolute atomic E-state index is 0.0210. The molecule has 1 heterocycles. The fourth-order valence-corrected chi connectivity index (χ4v) is 2.89. The summed E-state index contributed by atoms with van der Waals surface area (Å²) in [6.45, 7) is 7.61. The van der Waals surface area contributed by atoms with Crippen molar-refractivity contribution in [3.63, 3.8) is 0 Å². The van der Waals surface area contributed by atoms with Crippen molar-refractivity contribution >= 4 is 5.97 Å². The van der Waals surface area contributed by atoms with Crippen molar-refractivity contribution in [2.45, 2.75) is 20.3 Å². The Kier molecular flexibility index (Phi) is 5.62. The number of likely N-dealkylation sites (tertiary alicyclic amines) is 1. The molecule has 1 saturated heterocycles.